The van der Waals surface area contributed by atoms with E-state index in [0.29, 0.717) is 12.8 Å². The van der Waals surface area contributed by atoms with Crippen LogP contribution in [0.3, 0.4) is 0 Å². The first-order valence-corrected chi connectivity index (χ1v) is 4.78. The van der Waals surface area contributed by atoms with Crippen LogP contribution in [-0.4, -0.2) is 23.6 Å². The minimum absolute atomic E-state index is 0.170. The zero-order chi connectivity index (χ0) is 10.8. The van der Waals surface area contributed by atoms with Gasteiger partial charge in [-0.1, -0.05) is 0 Å². The molecule has 1 saturated heterocycles. The van der Waals surface area contributed by atoms with Gasteiger partial charge >= 0.3 is 11.9 Å². The number of carbonyl (C=O) groups is 2. The van der Waals surface area contributed by atoms with Crippen molar-refractivity contribution < 1.29 is 19.1 Å². The van der Waals surface area contributed by atoms with Crippen LogP contribution in [0.15, 0.2) is 0 Å². The van der Waals surface area contributed by atoms with Gasteiger partial charge < -0.3 is 9.47 Å². The summed E-state index contributed by atoms with van der Waals surface area (Å²) >= 11 is 0. The molecule has 0 aromatic rings. The van der Waals surface area contributed by atoms with Gasteiger partial charge in [-0.25, -0.2) is 0 Å². The molecule has 1 fully saturated rings. The maximum Gasteiger partial charge on any atom is 0.310 e. The maximum absolute atomic E-state index is 11.3. The Hall–Kier alpha value is -1.06. The predicted molar refractivity (Wildman–Crippen MR) is 49.6 cm³/mol. The highest BCUT2D eigenvalue weighted by molar-refractivity contribution is 5.74. The van der Waals surface area contributed by atoms with Gasteiger partial charge in [0.1, 0.15) is 11.7 Å². The highest BCUT2D eigenvalue weighted by atomic mass is 16.6. The molecule has 4 heteroatoms. The van der Waals surface area contributed by atoms with Crippen molar-refractivity contribution in [3.63, 3.8) is 0 Å². The molecule has 4 nitrogen and oxygen atoms in total. The monoisotopic (exact) mass is 200 g/mol. The molecule has 0 aliphatic carbocycles. The van der Waals surface area contributed by atoms with Gasteiger partial charge in [0.2, 0.25) is 0 Å². The van der Waals surface area contributed by atoms with Crippen LogP contribution in [0, 0.1) is 0 Å². The molecule has 0 aromatic heterocycles. The van der Waals surface area contributed by atoms with E-state index in [2.05, 4.69) is 0 Å². The zero-order valence-corrected chi connectivity index (χ0v) is 8.83. The summed E-state index contributed by atoms with van der Waals surface area (Å²) < 4.78 is 10.0. The Bertz CT molecular complexity index is 239. The quantitative estimate of drug-likeness (QED) is 0.633. The number of carbonyl (C=O) groups excluding carboxylic acids is 2. The molecule has 1 rings (SSSR count). The lowest BCUT2D eigenvalue weighted by molar-refractivity contribution is -0.158. The van der Waals surface area contributed by atoms with Gasteiger partial charge in [-0.15, -0.1) is 0 Å². The van der Waals surface area contributed by atoms with Crippen molar-refractivity contribution in [3.8, 4) is 0 Å². The molecule has 0 bridgehead atoms. The van der Waals surface area contributed by atoms with Crippen molar-refractivity contribution in [2.45, 2.75) is 51.7 Å². The molecule has 1 atom stereocenters. The molecule has 1 heterocycles. The third kappa shape index (κ3) is 3.77. The van der Waals surface area contributed by atoms with E-state index in [1.807, 2.05) is 20.8 Å². The van der Waals surface area contributed by atoms with Gasteiger partial charge in [0.05, 0.1) is 6.42 Å². The first kappa shape index (κ1) is 11.0. The summed E-state index contributed by atoms with van der Waals surface area (Å²) in [5.74, 6) is -0.532. The molecule has 0 radical (unpaired) electrons. The lowest BCUT2D eigenvalue weighted by Gasteiger charge is -2.20. The second-order valence-corrected chi connectivity index (χ2v) is 4.44. The van der Waals surface area contributed by atoms with E-state index in [-0.39, 0.29) is 24.5 Å². The van der Waals surface area contributed by atoms with Crippen molar-refractivity contribution >= 4 is 11.9 Å². The smallest absolute Gasteiger partial charge is 0.310 e. The Morgan fingerprint density at radius 3 is 2.64 bits per heavy atom. The molecule has 1 aliphatic heterocycles. The summed E-state index contributed by atoms with van der Waals surface area (Å²) in [7, 11) is 0. The van der Waals surface area contributed by atoms with E-state index >= 15 is 0 Å². The van der Waals surface area contributed by atoms with Crippen molar-refractivity contribution in [2.75, 3.05) is 0 Å². The van der Waals surface area contributed by atoms with Gasteiger partial charge in [-0.3, -0.25) is 9.59 Å². The van der Waals surface area contributed by atoms with Crippen LogP contribution in [0.25, 0.3) is 0 Å². The van der Waals surface area contributed by atoms with Crippen LogP contribution in [0.1, 0.15) is 40.0 Å². The predicted octanol–water partition coefficient (Wildman–Crippen LogP) is 1.42. The van der Waals surface area contributed by atoms with Gasteiger partial charge in [-0.05, 0) is 27.2 Å². The fourth-order valence-electron chi connectivity index (χ4n) is 1.30. The Labute approximate surface area is 83.6 Å². The van der Waals surface area contributed by atoms with Crippen LogP contribution in [0.2, 0.25) is 0 Å². The van der Waals surface area contributed by atoms with Gasteiger partial charge in [0, 0.05) is 6.42 Å². The molecule has 0 amide bonds. The lowest BCUT2D eigenvalue weighted by Crippen LogP contribution is -2.26. The molecule has 14 heavy (non-hydrogen) atoms. The summed E-state index contributed by atoms with van der Waals surface area (Å²) in [5.41, 5.74) is -0.473. The fourth-order valence-corrected chi connectivity index (χ4v) is 1.30. The van der Waals surface area contributed by atoms with E-state index in [1.54, 1.807) is 0 Å². The second kappa shape index (κ2) is 3.98. The molecule has 80 valence electrons. The highest BCUT2D eigenvalue weighted by Crippen LogP contribution is 2.18. The van der Waals surface area contributed by atoms with Crippen molar-refractivity contribution in [2.24, 2.45) is 0 Å². The molecular formula is C10H16O4. The van der Waals surface area contributed by atoms with Gasteiger partial charge in [0.15, 0.2) is 0 Å². The maximum atomic E-state index is 11.3. The SMILES string of the molecule is CC(C)(C)OC(=O)CC1CCC(=O)O1. The van der Waals surface area contributed by atoms with Crippen LogP contribution >= 0.6 is 0 Å². The third-order valence-electron chi connectivity index (χ3n) is 1.78. The number of ether oxygens (including phenoxy) is 2. The summed E-state index contributed by atoms with van der Waals surface area (Å²) in [5, 5.41) is 0. The molecule has 0 aromatic carbocycles. The average molecular weight is 200 g/mol. The highest BCUT2D eigenvalue weighted by Gasteiger charge is 2.27. The average Bonchev–Trinajstić information content (AvgIpc) is 2.30. The largest absolute Gasteiger partial charge is 0.462 e. The molecular weight excluding hydrogens is 184 g/mol. The second-order valence-electron chi connectivity index (χ2n) is 4.44. The topological polar surface area (TPSA) is 52.6 Å². The first-order chi connectivity index (χ1) is 6.37. The van der Waals surface area contributed by atoms with E-state index in [4.69, 9.17) is 9.47 Å². The summed E-state index contributed by atoms with van der Waals surface area (Å²) in [6.07, 6.45) is 0.923. The molecule has 0 N–H and O–H groups in total. The number of cyclic esters (lactones) is 1. The molecule has 1 unspecified atom stereocenters. The van der Waals surface area contributed by atoms with Crippen molar-refractivity contribution in [1.82, 2.24) is 0 Å². The summed E-state index contributed by atoms with van der Waals surface area (Å²) in [6, 6.07) is 0. The first-order valence-electron chi connectivity index (χ1n) is 4.78. The Morgan fingerprint density at radius 2 is 2.21 bits per heavy atom. The Balaban J connectivity index is 2.31. The number of hydrogen-bond acceptors (Lipinski definition) is 4. The van der Waals surface area contributed by atoms with Gasteiger partial charge in [-0.2, -0.15) is 0 Å². The van der Waals surface area contributed by atoms with Crippen molar-refractivity contribution in [1.29, 1.82) is 0 Å². The minimum atomic E-state index is -0.473. The third-order valence-corrected chi connectivity index (χ3v) is 1.78. The molecule has 0 spiro atoms. The van der Waals surface area contributed by atoms with Crippen LogP contribution < -0.4 is 0 Å². The van der Waals surface area contributed by atoms with Gasteiger partial charge in [0.25, 0.3) is 0 Å². The normalized spacial score (nSPS) is 21.9. The minimum Gasteiger partial charge on any atom is -0.462 e. The Morgan fingerprint density at radius 1 is 1.57 bits per heavy atom. The summed E-state index contributed by atoms with van der Waals surface area (Å²) in [4.78, 5) is 22.1. The Kier molecular flexibility index (Phi) is 3.13. The van der Waals surface area contributed by atoms with Crippen LogP contribution in [0.4, 0.5) is 0 Å². The van der Waals surface area contributed by atoms with Crippen LogP contribution in [0.5, 0.6) is 0 Å². The van der Waals surface area contributed by atoms with E-state index in [9.17, 15) is 9.59 Å². The molecule has 0 saturated carbocycles. The molecule has 1 aliphatic rings. The standard InChI is InChI=1S/C10H16O4/c1-10(2,3)14-9(12)6-7-4-5-8(11)13-7/h7H,4-6H2,1-3H3. The van der Waals surface area contributed by atoms with Crippen molar-refractivity contribution in [3.05, 3.63) is 0 Å². The zero-order valence-electron chi connectivity index (χ0n) is 8.83. The van der Waals surface area contributed by atoms with Crippen LogP contribution in [-0.2, 0) is 19.1 Å². The van der Waals surface area contributed by atoms with E-state index < -0.39 is 5.60 Å². The fraction of sp³-hybridized carbons (Fsp3) is 0.800. The lowest BCUT2D eigenvalue weighted by atomic mass is 10.1. The number of hydrogen-bond donors (Lipinski definition) is 0. The summed E-state index contributed by atoms with van der Waals surface area (Å²) in [6.45, 7) is 5.43. The van der Waals surface area contributed by atoms with E-state index in [0.717, 1.165) is 0 Å². The number of esters is 2. The number of rotatable bonds is 2. The van der Waals surface area contributed by atoms with E-state index in [1.165, 1.54) is 0 Å².